The van der Waals surface area contributed by atoms with Crippen LogP contribution >= 0.6 is 0 Å². The van der Waals surface area contributed by atoms with E-state index < -0.39 is 0 Å². The monoisotopic (exact) mass is 296 g/mol. The Morgan fingerprint density at radius 3 is 2.43 bits per heavy atom. The van der Waals surface area contributed by atoms with E-state index in [4.69, 9.17) is 0 Å². The van der Waals surface area contributed by atoms with Gasteiger partial charge < -0.3 is 4.90 Å². The Morgan fingerprint density at radius 1 is 0.826 bits per heavy atom. The van der Waals surface area contributed by atoms with Crippen molar-refractivity contribution < 1.29 is 0 Å². The van der Waals surface area contributed by atoms with Crippen molar-refractivity contribution in [3.8, 4) is 0 Å². The van der Waals surface area contributed by atoms with E-state index in [-0.39, 0.29) is 6.71 Å². The number of anilines is 2. The summed E-state index contributed by atoms with van der Waals surface area (Å²) in [6, 6.07) is 25.3. The number of nitrogens with zero attached hydrogens (tertiary/aromatic N) is 2. The van der Waals surface area contributed by atoms with Gasteiger partial charge in [-0.15, -0.1) is 0 Å². The quantitative estimate of drug-likeness (QED) is 0.675. The molecule has 0 atom stereocenters. The summed E-state index contributed by atoms with van der Waals surface area (Å²) in [5.74, 6) is 3.21. The molecular formula is C20H17BN2. The second kappa shape index (κ2) is 5.77. The minimum absolute atomic E-state index is 0.286. The van der Waals surface area contributed by atoms with Crippen molar-refractivity contribution in [1.29, 1.82) is 0 Å². The van der Waals surface area contributed by atoms with Crippen LogP contribution in [0.5, 0.6) is 0 Å². The predicted molar refractivity (Wildman–Crippen MR) is 98.2 cm³/mol. The fourth-order valence-corrected chi connectivity index (χ4v) is 3.14. The van der Waals surface area contributed by atoms with Gasteiger partial charge >= 0.3 is 0 Å². The largest absolute Gasteiger partial charge is 0.303 e. The summed E-state index contributed by atoms with van der Waals surface area (Å²) >= 11 is 0. The van der Waals surface area contributed by atoms with Crippen LogP contribution < -0.4 is 15.8 Å². The first-order valence-corrected chi connectivity index (χ1v) is 7.88. The number of rotatable bonds is 2. The molecule has 0 amide bonds. The molecule has 23 heavy (non-hydrogen) atoms. The molecular weight excluding hydrogens is 279 g/mol. The summed E-state index contributed by atoms with van der Waals surface area (Å²) < 4.78 is 0. The number of pyridine rings is 1. The average molecular weight is 296 g/mol. The van der Waals surface area contributed by atoms with E-state index in [1.54, 1.807) is 0 Å². The highest BCUT2D eigenvalue weighted by molar-refractivity contribution is 6.90. The fourth-order valence-electron chi connectivity index (χ4n) is 3.14. The van der Waals surface area contributed by atoms with Crippen LogP contribution in [0.25, 0.3) is 0 Å². The van der Waals surface area contributed by atoms with Crippen molar-refractivity contribution in [1.82, 2.24) is 4.98 Å². The Hall–Kier alpha value is -2.81. The Balaban J connectivity index is 1.82. The van der Waals surface area contributed by atoms with Crippen molar-refractivity contribution in [2.75, 3.05) is 4.90 Å². The van der Waals surface area contributed by atoms with Crippen molar-refractivity contribution >= 4 is 29.1 Å². The summed E-state index contributed by atoms with van der Waals surface area (Å²) in [5, 5.41) is 0. The summed E-state index contributed by atoms with van der Waals surface area (Å²) in [6.45, 7) is 2.31. The molecule has 1 aliphatic rings. The zero-order valence-electron chi connectivity index (χ0n) is 13.1. The van der Waals surface area contributed by atoms with Crippen molar-refractivity contribution in [2.24, 2.45) is 0 Å². The number of benzene rings is 2. The molecule has 0 saturated carbocycles. The van der Waals surface area contributed by atoms with Crippen LogP contribution in [0.15, 0.2) is 85.0 Å². The first kappa shape index (κ1) is 13.8. The van der Waals surface area contributed by atoms with E-state index in [2.05, 4.69) is 88.8 Å². The maximum atomic E-state index is 4.67. The molecule has 1 aromatic heterocycles. The van der Waals surface area contributed by atoms with Crippen molar-refractivity contribution in [3.05, 3.63) is 90.7 Å². The molecule has 0 aliphatic carbocycles. The van der Waals surface area contributed by atoms with Gasteiger partial charge in [-0.2, -0.15) is 0 Å². The van der Waals surface area contributed by atoms with E-state index in [0.717, 1.165) is 11.5 Å². The number of hydrogen-bond donors (Lipinski definition) is 0. The summed E-state index contributed by atoms with van der Waals surface area (Å²) in [7, 11) is 0. The molecule has 0 N–H and O–H groups in total. The molecule has 3 aromatic rings. The van der Waals surface area contributed by atoms with Gasteiger partial charge in [0.15, 0.2) is 0 Å². The maximum absolute atomic E-state index is 4.67. The number of aryl methyl sites for hydroxylation is 1. The smallest absolute Gasteiger partial charge is 0.238 e. The Morgan fingerprint density at radius 2 is 1.61 bits per heavy atom. The molecule has 2 nitrogen and oxygen atoms in total. The second-order valence-electron chi connectivity index (χ2n) is 5.80. The third kappa shape index (κ3) is 2.55. The molecule has 3 heteroatoms. The van der Waals surface area contributed by atoms with Crippen LogP contribution in [0.3, 0.4) is 0 Å². The van der Waals surface area contributed by atoms with Crippen LogP contribution in [-0.2, 0) is 0 Å². The minimum Gasteiger partial charge on any atom is -0.303 e. The Kier molecular flexibility index (Phi) is 3.47. The Bertz CT molecular complexity index is 858. The minimum atomic E-state index is 0.286. The van der Waals surface area contributed by atoms with Crippen LogP contribution in [0.2, 0.25) is 0 Å². The molecule has 0 fully saturated rings. The Labute approximate surface area is 137 Å². The molecule has 0 radical (unpaired) electrons. The van der Waals surface area contributed by atoms with E-state index in [9.17, 15) is 0 Å². The molecule has 2 heterocycles. The van der Waals surface area contributed by atoms with Gasteiger partial charge in [-0.1, -0.05) is 66.0 Å². The third-order valence-electron chi connectivity index (χ3n) is 4.24. The van der Waals surface area contributed by atoms with Gasteiger partial charge in [0.05, 0.1) is 0 Å². The van der Waals surface area contributed by atoms with Gasteiger partial charge in [-0.05, 0) is 36.8 Å². The average Bonchev–Trinajstić information content (AvgIpc) is 2.61. The van der Waals surface area contributed by atoms with Crippen molar-refractivity contribution in [3.63, 3.8) is 0 Å². The fraction of sp³-hybridized carbons (Fsp3) is 0.0500. The zero-order valence-corrected chi connectivity index (χ0v) is 13.1. The molecule has 110 valence electrons. The molecule has 1 aliphatic heterocycles. The maximum Gasteiger partial charge on any atom is 0.238 e. The number of aromatic nitrogens is 1. The lowest BCUT2D eigenvalue weighted by Crippen LogP contribution is -2.45. The van der Waals surface area contributed by atoms with E-state index in [0.29, 0.717) is 0 Å². The van der Waals surface area contributed by atoms with E-state index >= 15 is 0 Å². The van der Waals surface area contributed by atoms with Crippen LogP contribution in [0.4, 0.5) is 11.5 Å². The summed E-state index contributed by atoms with van der Waals surface area (Å²) in [5.41, 5.74) is 4.85. The van der Waals surface area contributed by atoms with E-state index in [1.807, 2.05) is 13.0 Å². The number of hydrogen-bond acceptors (Lipinski definition) is 2. The normalized spacial score (nSPS) is 13.1. The zero-order chi connectivity index (χ0) is 15.6. The first-order valence-electron chi connectivity index (χ1n) is 7.88. The lowest BCUT2D eigenvalue weighted by molar-refractivity contribution is 1.13. The van der Waals surface area contributed by atoms with Crippen molar-refractivity contribution in [2.45, 2.75) is 6.92 Å². The lowest BCUT2D eigenvalue weighted by atomic mass is 9.39. The highest BCUT2D eigenvalue weighted by Gasteiger charge is 2.26. The van der Waals surface area contributed by atoms with Gasteiger partial charge in [0.25, 0.3) is 0 Å². The van der Waals surface area contributed by atoms with Gasteiger partial charge in [0.2, 0.25) is 6.71 Å². The van der Waals surface area contributed by atoms with Gasteiger partial charge in [-0.3, -0.25) is 0 Å². The molecule has 2 aromatic carbocycles. The topological polar surface area (TPSA) is 16.1 Å². The standard InChI is InChI=1S/C20H17BN2/c1-16-8-7-13-20(22-16)23-15-14-21(17-9-3-2-4-10-17)18-11-5-6-12-19(18)23/h2-15H,1H3. The first-order chi connectivity index (χ1) is 11.3. The summed E-state index contributed by atoms with van der Waals surface area (Å²) in [6.07, 6.45) is 2.14. The number of fused-ring (bicyclic) bond motifs is 1. The highest BCUT2D eigenvalue weighted by atomic mass is 15.2. The molecule has 0 saturated heterocycles. The van der Waals surface area contributed by atoms with Crippen LogP contribution in [-0.4, -0.2) is 11.7 Å². The highest BCUT2D eigenvalue weighted by Crippen LogP contribution is 2.26. The van der Waals surface area contributed by atoms with Gasteiger partial charge in [-0.25, -0.2) is 4.98 Å². The molecule has 0 spiro atoms. The van der Waals surface area contributed by atoms with Crippen LogP contribution in [0.1, 0.15) is 5.69 Å². The predicted octanol–water partition coefficient (Wildman–Crippen LogP) is 3.20. The van der Waals surface area contributed by atoms with E-state index in [1.165, 1.54) is 16.6 Å². The summed E-state index contributed by atoms with van der Waals surface area (Å²) in [4.78, 5) is 6.84. The third-order valence-corrected chi connectivity index (χ3v) is 4.24. The SMILES string of the molecule is Cc1cccc(N2C=CB(c3ccccc3)c3ccccc32)n1. The number of para-hydroxylation sites is 1. The second-order valence-corrected chi connectivity index (χ2v) is 5.80. The van der Waals surface area contributed by atoms with Crippen LogP contribution in [0, 0.1) is 6.92 Å². The van der Waals surface area contributed by atoms with Gasteiger partial charge in [0, 0.05) is 11.4 Å². The molecule has 0 unspecified atom stereocenters. The molecule has 4 rings (SSSR count). The van der Waals surface area contributed by atoms with Gasteiger partial charge in [0.1, 0.15) is 5.82 Å². The molecule has 0 bridgehead atoms. The lowest BCUT2D eigenvalue weighted by Gasteiger charge is -2.29.